The van der Waals surface area contributed by atoms with E-state index >= 15 is 0 Å². The summed E-state index contributed by atoms with van der Waals surface area (Å²) >= 11 is 0. The molecule has 0 aromatic heterocycles. The zero-order valence-corrected chi connectivity index (χ0v) is 10.9. The molecule has 0 aliphatic rings. The van der Waals surface area contributed by atoms with E-state index in [0.717, 1.165) is 13.8 Å². The van der Waals surface area contributed by atoms with E-state index in [0.29, 0.717) is 0 Å². The molecular formula is C4H6KO6P. The van der Waals surface area contributed by atoms with Crippen molar-refractivity contribution in [2.24, 2.45) is 0 Å². The first-order valence-electron chi connectivity index (χ1n) is 2.55. The van der Waals surface area contributed by atoms with E-state index in [4.69, 9.17) is 0 Å². The Labute approximate surface area is 112 Å². The first-order chi connectivity index (χ1) is 4.83. The summed E-state index contributed by atoms with van der Waals surface area (Å²) in [5.41, 5.74) is 0. The van der Waals surface area contributed by atoms with Crippen molar-refractivity contribution < 1.29 is 79.5 Å². The number of hydrogen-bond donors (Lipinski definition) is 0. The maximum atomic E-state index is 10.4. The number of carbonyl (C=O) groups excluding carboxylic acids is 2. The summed E-state index contributed by atoms with van der Waals surface area (Å²) in [5.74, 6) is -2.10. The van der Waals surface area contributed by atoms with Crippen LogP contribution < -0.4 is 56.3 Å². The second kappa shape index (κ2) is 6.26. The maximum absolute atomic E-state index is 10.4. The first-order valence-corrected chi connectivity index (χ1v) is 4.01. The minimum atomic E-state index is -4.75. The van der Waals surface area contributed by atoms with Crippen LogP contribution in [0.25, 0.3) is 0 Å². The Morgan fingerprint density at radius 2 is 1.42 bits per heavy atom. The second-order valence-electron chi connectivity index (χ2n) is 1.61. The second-order valence-corrected chi connectivity index (χ2v) is 2.87. The molecule has 0 amide bonds. The van der Waals surface area contributed by atoms with Crippen LogP contribution >= 0.6 is 7.82 Å². The molecule has 0 aliphatic heterocycles. The Hall–Kier alpha value is 0.766. The third-order valence-corrected chi connectivity index (χ3v) is 1.44. The summed E-state index contributed by atoms with van der Waals surface area (Å²) < 4.78 is 17.7. The number of rotatable bonds is 2. The van der Waals surface area contributed by atoms with Gasteiger partial charge in [-0.15, -0.1) is 0 Å². The van der Waals surface area contributed by atoms with Gasteiger partial charge in [-0.05, 0) is 0 Å². The number of phosphoric ester groups is 1. The average Bonchev–Trinajstić information content (AvgIpc) is 1.53. The smallest absolute Gasteiger partial charge is 0.736 e. The fraction of sp³-hybridized carbons (Fsp3) is 0.500. The molecule has 0 aromatic carbocycles. The summed E-state index contributed by atoms with van der Waals surface area (Å²) in [7, 11) is -4.75. The van der Waals surface area contributed by atoms with Crippen LogP contribution in [-0.4, -0.2) is 11.9 Å². The van der Waals surface area contributed by atoms with Gasteiger partial charge in [0.15, 0.2) is 0 Å². The van der Waals surface area contributed by atoms with Crippen LogP contribution in [0.15, 0.2) is 0 Å². The van der Waals surface area contributed by atoms with Crippen molar-refractivity contribution in [1.82, 2.24) is 0 Å². The van der Waals surface area contributed by atoms with Gasteiger partial charge in [0.2, 0.25) is 0 Å². The molecule has 6 nitrogen and oxygen atoms in total. The largest absolute Gasteiger partial charge is 1.00 e. The zero-order valence-electron chi connectivity index (χ0n) is 6.90. The van der Waals surface area contributed by atoms with Crippen molar-refractivity contribution >= 4 is 19.8 Å². The molecule has 64 valence electrons. The van der Waals surface area contributed by atoms with Gasteiger partial charge in [0.1, 0.15) is 0 Å². The summed E-state index contributed by atoms with van der Waals surface area (Å²) in [4.78, 5) is 30.5. The molecule has 0 atom stereocenters. The summed E-state index contributed by atoms with van der Waals surface area (Å²) in [6, 6.07) is 0. The van der Waals surface area contributed by atoms with E-state index in [1.54, 1.807) is 0 Å². The molecule has 0 bridgehead atoms. The van der Waals surface area contributed by atoms with Crippen LogP contribution in [0.4, 0.5) is 0 Å². The van der Waals surface area contributed by atoms with Crippen LogP contribution in [0.1, 0.15) is 13.8 Å². The summed E-state index contributed by atoms with van der Waals surface area (Å²) in [6.45, 7) is 1.77. The Bertz CT molecular complexity index is 206. The molecule has 0 heterocycles. The van der Waals surface area contributed by atoms with E-state index in [1.165, 1.54) is 0 Å². The minimum Gasteiger partial charge on any atom is -0.736 e. The quantitative estimate of drug-likeness (QED) is 0.355. The van der Waals surface area contributed by atoms with Crippen molar-refractivity contribution in [2.45, 2.75) is 13.8 Å². The predicted octanol–water partition coefficient (Wildman–Crippen LogP) is -3.41. The van der Waals surface area contributed by atoms with Gasteiger partial charge >= 0.3 is 71.1 Å². The summed E-state index contributed by atoms with van der Waals surface area (Å²) in [5, 5.41) is 0. The molecule has 0 aliphatic carbocycles. The van der Waals surface area contributed by atoms with E-state index in [9.17, 15) is 19.0 Å². The number of hydrogen-bond acceptors (Lipinski definition) is 6. The minimum absolute atomic E-state index is 0. The Morgan fingerprint density at radius 3 is 1.58 bits per heavy atom. The first kappa shape index (κ1) is 15.2. The van der Waals surface area contributed by atoms with Gasteiger partial charge in [-0.1, -0.05) is 0 Å². The summed E-state index contributed by atoms with van der Waals surface area (Å²) in [6.07, 6.45) is 0. The van der Waals surface area contributed by atoms with Gasteiger partial charge in [-0.3, -0.25) is 9.59 Å². The fourth-order valence-electron chi connectivity index (χ4n) is 0.334. The molecule has 0 fully saturated rings. The van der Waals surface area contributed by atoms with Crippen LogP contribution in [0, 0.1) is 0 Å². The van der Waals surface area contributed by atoms with Crippen molar-refractivity contribution in [3.05, 3.63) is 0 Å². The van der Waals surface area contributed by atoms with Crippen molar-refractivity contribution in [2.75, 3.05) is 0 Å². The van der Waals surface area contributed by atoms with Gasteiger partial charge in [-0.25, -0.2) is 4.57 Å². The molecular weight excluding hydrogens is 214 g/mol. The van der Waals surface area contributed by atoms with Gasteiger partial charge in [-0.2, -0.15) is 0 Å². The van der Waals surface area contributed by atoms with E-state index in [-0.39, 0.29) is 51.4 Å². The molecule has 12 heavy (non-hydrogen) atoms. The monoisotopic (exact) mass is 220 g/mol. The fourth-order valence-corrected chi connectivity index (χ4v) is 1.00. The average molecular weight is 220 g/mol. The van der Waals surface area contributed by atoms with Gasteiger partial charge < -0.3 is 13.9 Å². The van der Waals surface area contributed by atoms with Gasteiger partial charge in [0.05, 0.1) is 0 Å². The molecule has 8 heteroatoms. The zero-order chi connectivity index (χ0) is 9.07. The third-order valence-electron chi connectivity index (χ3n) is 0.481. The van der Waals surface area contributed by atoms with Crippen LogP contribution in [-0.2, 0) is 23.2 Å². The molecule has 0 N–H and O–H groups in total. The normalized spacial score (nSPS) is 9.58. The van der Waals surface area contributed by atoms with Crippen LogP contribution in [0.5, 0.6) is 0 Å². The third kappa shape index (κ3) is 8.86. The topological polar surface area (TPSA) is 92.7 Å². The Morgan fingerprint density at radius 1 is 1.17 bits per heavy atom. The van der Waals surface area contributed by atoms with Crippen molar-refractivity contribution in [3.63, 3.8) is 0 Å². The van der Waals surface area contributed by atoms with E-state index in [1.807, 2.05) is 0 Å². The van der Waals surface area contributed by atoms with E-state index < -0.39 is 19.8 Å². The van der Waals surface area contributed by atoms with E-state index in [2.05, 4.69) is 9.05 Å². The molecule has 0 saturated heterocycles. The Kier molecular flexibility index (Phi) is 7.95. The van der Waals surface area contributed by atoms with Crippen molar-refractivity contribution in [3.8, 4) is 0 Å². The standard InChI is InChI=1S/C4H7O6P.K/c1-3(5)9-11(7,8)10-4(2)6;/h1-2H3,(H,7,8);/q;+1/p-1. The van der Waals surface area contributed by atoms with Crippen molar-refractivity contribution in [1.29, 1.82) is 0 Å². The maximum Gasteiger partial charge on any atom is 1.00 e. The Balaban J connectivity index is 0. The van der Waals surface area contributed by atoms with Crippen LogP contribution in [0.3, 0.4) is 0 Å². The van der Waals surface area contributed by atoms with Gasteiger partial charge in [0.25, 0.3) is 0 Å². The predicted molar refractivity (Wildman–Crippen MR) is 31.1 cm³/mol. The number of carbonyl (C=O) groups is 2. The molecule has 0 saturated carbocycles. The molecule has 0 aromatic rings. The molecule has 0 rings (SSSR count). The SMILES string of the molecule is CC(=O)OP(=O)([O-])OC(C)=O.[K+]. The molecule has 0 unspecified atom stereocenters. The van der Waals surface area contributed by atoms with Crippen LogP contribution in [0.2, 0.25) is 0 Å². The van der Waals surface area contributed by atoms with Gasteiger partial charge in [0, 0.05) is 13.8 Å². The molecule has 0 radical (unpaired) electrons. The molecule has 0 spiro atoms. The number of phosphoric acid groups is 1.